The lowest BCUT2D eigenvalue weighted by atomic mass is 9.79. The molecule has 2 aromatic rings. The van der Waals surface area contributed by atoms with Gasteiger partial charge in [-0.2, -0.15) is 5.10 Å². The summed E-state index contributed by atoms with van der Waals surface area (Å²) in [6.07, 6.45) is 0.692. The summed E-state index contributed by atoms with van der Waals surface area (Å²) in [4.78, 5) is 24.3. The Labute approximate surface area is 169 Å². The third kappa shape index (κ3) is 3.74. The second-order valence-corrected chi connectivity index (χ2v) is 7.56. The lowest BCUT2D eigenvalue weighted by Gasteiger charge is -2.28. The molecule has 1 aliphatic heterocycles. The third-order valence-corrected chi connectivity index (χ3v) is 4.99. The Morgan fingerprint density at radius 1 is 1.38 bits per heavy atom. The molecule has 3 rings (SSSR count). The average Bonchev–Trinajstić information content (AvgIpc) is 2.95. The van der Waals surface area contributed by atoms with Gasteiger partial charge in [0.25, 0.3) is 5.69 Å². The van der Waals surface area contributed by atoms with E-state index < -0.39 is 16.8 Å². The molecule has 0 fully saturated rings. The highest BCUT2D eigenvalue weighted by Crippen LogP contribution is 2.46. The largest absolute Gasteiger partial charge is 0.463 e. The molecule has 0 spiro atoms. The highest BCUT2D eigenvalue weighted by atomic mass is 16.6. The minimum Gasteiger partial charge on any atom is -0.463 e. The van der Waals surface area contributed by atoms with Crippen LogP contribution in [0.1, 0.15) is 50.4 Å². The number of nitrogens with zero attached hydrogens (tertiary/aromatic N) is 3. The molecule has 0 aliphatic carbocycles. The fourth-order valence-electron chi connectivity index (χ4n) is 3.88. The van der Waals surface area contributed by atoms with Crippen molar-refractivity contribution in [1.29, 1.82) is 0 Å². The van der Waals surface area contributed by atoms with Crippen molar-refractivity contribution in [3.05, 3.63) is 62.5 Å². The molecule has 154 valence electrons. The van der Waals surface area contributed by atoms with Crippen molar-refractivity contribution in [3.63, 3.8) is 0 Å². The maximum Gasteiger partial charge on any atom is 0.336 e. The minimum atomic E-state index is -0.630. The van der Waals surface area contributed by atoms with E-state index in [2.05, 4.69) is 24.3 Å². The zero-order chi connectivity index (χ0) is 21.3. The molecule has 0 saturated carbocycles. The summed E-state index contributed by atoms with van der Waals surface area (Å²) in [6.45, 7) is 7.92. The molecule has 1 atom stereocenters. The summed E-state index contributed by atoms with van der Waals surface area (Å²) in [5.74, 6) is -0.0344. The van der Waals surface area contributed by atoms with Crippen molar-refractivity contribution < 1.29 is 14.5 Å². The van der Waals surface area contributed by atoms with E-state index in [1.165, 1.54) is 6.07 Å². The molecular weight excluding hydrogens is 372 g/mol. The fourth-order valence-corrected chi connectivity index (χ4v) is 3.88. The van der Waals surface area contributed by atoms with Crippen molar-refractivity contribution >= 4 is 17.5 Å². The van der Waals surface area contributed by atoms with E-state index in [-0.39, 0.29) is 12.3 Å². The van der Waals surface area contributed by atoms with Gasteiger partial charge in [0.2, 0.25) is 0 Å². The van der Waals surface area contributed by atoms with Crippen LogP contribution < -0.4 is 5.32 Å². The normalized spacial score (nSPS) is 15.9. The van der Waals surface area contributed by atoms with Gasteiger partial charge in [0.1, 0.15) is 5.82 Å². The number of rotatable bonds is 6. The number of benzene rings is 1. The SMILES string of the molecule is CCOC(=O)C1=C(C)Nc2c(c(CC(C)C)nn2C)C1c1ccccc1[N+](=O)[O-]. The number of ether oxygens (including phenoxy) is 1. The molecule has 29 heavy (non-hydrogen) atoms. The number of esters is 1. The molecular formula is C21H26N4O4. The van der Waals surface area contributed by atoms with Crippen LogP contribution in [0.2, 0.25) is 0 Å². The van der Waals surface area contributed by atoms with Gasteiger partial charge in [-0.1, -0.05) is 32.0 Å². The smallest absolute Gasteiger partial charge is 0.336 e. The summed E-state index contributed by atoms with van der Waals surface area (Å²) in [5, 5.41) is 19.7. The van der Waals surface area contributed by atoms with E-state index in [4.69, 9.17) is 4.74 Å². The minimum absolute atomic E-state index is 0.0284. The number of allylic oxidation sites excluding steroid dienone is 1. The zero-order valence-corrected chi connectivity index (χ0v) is 17.4. The van der Waals surface area contributed by atoms with Gasteiger partial charge in [-0.05, 0) is 26.2 Å². The zero-order valence-electron chi connectivity index (χ0n) is 17.4. The van der Waals surface area contributed by atoms with E-state index in [9.17, 15) is 14.9 Å². The van der Waals surface area contributed by atoms with Crippen LogP contribution in [0.5, 0.6) is 0 Å². The van der Waals surface area contributed by atoms with Gasteiger partial charge in [-0.3, -0.25) is 14.8 Å². The van der Waals surface area contributed by atoms with Gasteiger partial charge in [0.15, 0.2) is 0 Å². The summed E-state index contributed by atoms with van der Waals surface area (Å²) >= 11 is 0. The lowest BCUT2D eigenvalue weighted by molar-refractivity contribution is -0.385. The van der Waals surface area contributed by atoms with Crippen molar-refractivity contribution in [2.75, 3.05) is 11.9 Å². The Balaban J connectivity index is 2.32. The van der Waals surface area contributed by atoms with Crippen molar-refractivity contribution in [2.24, 2.45) is 13.0 Å². The van der Waals surface area contributed by atoms with Crippen LogP contribution >= 0.6 is 0 Å². The maximum atomic E-state index is 12.9. The van der Waals surface area contributed by atoms with Crippen molar-refractivity contribution in [2.45, 2.75) is 40.0 Å². The molecule has 1 aromatic carbocycles. The summed E-state index contributed by atoms with van der Waals surface area (Å²) in [6, 6.07) is 6.55. The second-order valence-electron chi connectivity index (χ2n) is 7.56. The number of nitrogens with one attached hydrogen (secondary N) is 1. The fraction of sp³-hybridized carbons (Fsp3) is 0.429. The van der Waals surface area contributed by atoms with Crippen LogP contribution in [0.4, 0.5) is 11.5 Å². The van der Waals surface area contributed by atoms with Crippen LogP contribution in [0, 0.1) is 16.0 Å². The van der Waals surface area contributed by atoms with E-state index in [0.717, 1.165) is 17.1 Å². The topological polar surface area (TPSA) is 99.3 Å². The van der Waals surface area contributed by atoms with Crippen LogP contribution in [-0.4, -0.2) is 27.3 Å². The number of anilines is 1. The lowest BCUT2D eigenvalue weighted by Crippen LogP contribution is -2.26. The molecule has 8 nitrogen and oxygen atoms in total. The second kappa shape index (κ2) is 8.06. The number of hydrogen-bond acceptors (Lipinski definition) is 6. The van der Waals surface area contributed by atoms with Gasteiger partial charge in [-0.15, -0.1) is 0 Å². The van der Waals surface area contributed by atoms with Crippen molar-refractivity contribution in [3.8, 4) is 0 Å². The molecule has 1 N–H and O–H groups in total. The van der Waals surface area contributed by atoms with E-state index in [1.54, 1.807) is 36.7 Å². The Hall–Kier alpha value is -3.16. The van der Waals surface area contributed by atoms with Crippen LogP contribution in [-0.2, 0) is 23.0 Å². The average molecular weight is 398 g/mol. The first kappa shape index (κ1) is 20.6. The Bertz CT molecular complexity index is 991. The molecule has 1 aliphatic rings. The van der Waals surface area contributed by atoms with Gasteiger partial charge in [0.05, 0.1) is 28.7 Å². The Kier molecular flexibility index (Phi) is 5.72. The highest BCUT2D eigenvalue weighted by molar-refractivity contribution is 5.95. The van der Waals surface area contributed by atoms with E-state index in [0.29, 0.717) is 29.2 Å². The molecule has 2 heterocycles. The summed E-state index contributed by atoms with van der Waals surface area (Å²) < 4.78 is 7.05. The van der Waals surface area contributed by atoms with Crippen LogP contribution in [0.15, 0.2) is 35.5 Å². The molecule has 0 saturated heterocycles. The van der Waals surface area contributed by atoms with E-state index in [1.807, 2.05) is 7.05 Å². The Morgan fingerprint density at radius 2 is 2.07 bits per heavy atom. The van der Waals surface area contributed by atoms with Gasteiger partial charge in [-0.25, -0.2) is 4.79 Å². The molecule has 0 amide bonds. The number of nitro benzene ring substituents is 1. The number of carbonyl (C=O) groups is 1. The number of nitro groups is 1. The number of hydrogen-bond donors (Lipinski definition) is 1. The first-order valence-corrected chi connectivity index (χ1v) is 9.70. The number of carbonyl (C=O) groups excluding carboxylic acids is 1. The molecule has 0 bridgehead atoms. The summed E-state index contributed by atoms with van der Waals surface area (Å²) in [7, 11) is 1.83. The number of fused-ring (bicyclic) bond motifs is 1. The maximum absolute atomic E-state index is 12.9. The highest BCUT2D eigenvalue weighted by Gasteiger charge is 2.40. The predicted molar refractivity (Wildman–Crippen MR) is 110 cm³/mol. The number of para-hydroxylation sites is 1. The van der Waals surface area contributed by atoms with Gasteiger partial charge >= 0.3 is 5.97 Å². The van der Waals surface area contributed by atoms with E-state index >= 15 is 0 Å². The summed E-state index contributed by atoms with van der Waals surface area (Å²) in [5.41, 5.74) is 3.04. The predicted octanol–water partition coefficient (Wildman–Crippen LogP) is 3.92. The van der Waals surface area contributed by atoms with Gasteiger partial charge in [0, 0.05) is 29.9 Å². The van der Waals surface area contributed by atoms with Gasteiger partial charge < -0.3 is 10.1 Å². The third-order valence-electron chi connectivity index (χ3n) is 4.99. The van der Waals surface area contributed by atoms with Crippen LogP contribution in [0.3, 0.4) is 0 Å². The number of aryl methyl sites for hydroxylation is 1. The molecule has 8 heteroatoms. The molecule has 1 aromatic heterocycles. The van der Waals surface area contributed by atoms with Crippen molar-refractivity contribution in [1.82, 2.24) is 9.78 Å². The first-order valence-electron chi connectivity index (χ1n) is 9.70. The quantitative estimate of drug-likeness (QED) is 0.450. The molecule has 0 radical (unpaired) electrons. The van der Waals surface area contributed by atoms with Crippen LogP contribution in [0.25, 0.3) is 0 Å². The first-order chi connectivity index (χ1) is 13.8. The standard InChI is InChI=1S/C21H26N4O4/c1-6-29-21(26)17-13(4)22-20-19(15(11-12(2)3)23-24(20)5)18(17)14-9-7-8-10-16(14)25(27)28/h7-10,12,18,22H,6,11H2,1-5H3. The Morgan fingerprint density at radius 3 is 2.69 bits per heavy atom. The molecule has 1 unspecified atom stereocenters. The number of aromatic nitrogens is 2. The monoisotopic (exact) mass is 398 g/mol.